The molecule has 0 bridgehead atoms. The quantitative estimate of drug-likeness (QED) is 0.697. The Morgan fingerprint density at radius 1 is 1.15 bits per heavy atom. The van der Waals surface area contributed by atoms with Crippen molar-refractivity contribution in [3.05, 3.63) is 65.3 Å². The van der Waals surface area contributed by atoms with Crippen LogP contribution in [0.3, 0.4) is 0 Å². The van der Waals surface area contributed by atoms with Gasteiger partial charge in [-0.2, -0.15) is 0 Å². The second-order valence-corrected chi connectivity index (χ2v) is 6.34. The van der Waals surface area contributed by atoms with Gasteiger partial charge in [0.15, 0.2) is 16.6 Å². The van der Waals surface area contributed by atoms with E-state index in [1.165, 1.54) is 29.5 Å². The minimum absolute atomic E-state index is 0.212. The number of anilines is 1. The molecule has 5 nitrogen and oxygen atoms in total. The van der Waals surface area contributed by atoms with Gasteiger partial charge in [0.05, 0.1) is 5.69 Å². The smallest absolute Gasteiger partial charge is 0.250 e. The van der Waals surface area contributed by atoms with Gasteiger partial charge in [0.2, 0.25) is 12.7 Å². The number of carbonyl (C=O) groups is 1. The average Bonchev–Trinajstić information content (AvgIpc) is 3.29. The molecule has 4 rings (SSSR count). The summed E-state index contributed by atoms with van der Waals surface area (Å²) >= 11 is 1.31. The highest BCUT2D eigenvalue weighted by atomic mass is 32.1. The van der Waals surface area contributed by atoms with Crippen molar-refractivity contribution in [2.75, 3.05) is 12.1 Å². The van der Waals surface area contributed by atoms with Crippen molar-refractivity contribution in [2.24, 2.45) is 0 Å². The standard InChI is InChI=1S/C19H13FN2O3S/c20-14-5-3-13(4-6-14)15-10-26-19(21-15)22-18(23)8-2-12-1-7-16-17(9-12)25-11-24-16/h1-10H,11H2,(H,21,22,23)/b8-2-. The Kier molecular flexibility index (Phi) is 4.37. The van der Waals surface area contributed by atoms with Gasteiger partial charge in [0, 0.05) is 17.0 Å². The molecule has 0 atom stereocenters. The monoisotopic (exact) mass is 368 g/mol. The summed E-state index contributed by atoms with van der Waals surface area (Å²) in [4.78, 5) is 16.4. The number of nitrogens with one attached hydrogen (secondary N) is 1. The Morgan fingerprint density at radius 2 is 1.96 bits per heavy atom. The lowest BCUT2D eigenvalue weighted by Gasteiger charge is -1.99. The molecule has 1 aliphatic heterocycles. The summed E-state index contributed by atoms with van der Waals surface area (Å²) < 4.78 is 23.5. The first kappa shape index (κ1) is 16.3. The van der Waals surface area contributed by atoms with Gasteiger partial charge in [-0.25, -0.2) is 9.37 Å². The molecule has 2 aromatic carbocycles. The largest absolute Gasteiger partial charge is 0.454 e. The van der Waals surface area contributed by atoms with Gasteiger partial charge in [-0.1, -0.05) is 6.07 Å². The first-order valence-electron chi connectivity index (χ1n) is 7.77. The number of fused-ring (bicyclic) bond motifs is 1. The first-order valence-corrected chi connectivity index (χ1v) is 8.65. The molecule has 7 heteroatoms. The summed E-state index contributed by atoms with van der Waals surface area (Å²) in [5.74, 6) is 0.771. The van der Waals surface area contributed by atoms with Crippen molar-refractivity contribution in [2.45, 2.75) is 0 Å². The fourth-order valence-electron chi connectivity index (χ4n) is 2.42. The predicted octanol–water partition coefficient (Wildman–Crippen LogP) is 4.33. The third kappa shape index (κ3) is 3.57. The minimum Gasteiger partial charge on any atom is -0.454 e. The normalized spacial score (nSPS) is 12.5. The summed E-state index contributed by atoms with van der Waals surface area (Å²) in [5, 5.41) is 5.00. The minimum atomic E-state index is -0.300. The van der Waals surface area contributed by atoms with E-state index in [1.54, 1.807) is 24.3 Å². The lowest BCUT2D eigenvalue weighted by atomic mass is 10.2. The van der Waals surface area contributed by atoms with Gasteiger partial charge < -0.3 is 9.47 Å². The molecule has 0 saturated heterocycles. The molecule has 0 radical (unpaired) electrons. The maximum Gasteiger partial charge on any atom is 0.250 e. The molecule has 0 saturated carbocycles. The van der Waals surface area contributed by atoms with Crippen molar-refractivity contribution >= 4 is 28.5 Å². The highest BCUT2D eigenvalue weighted by Gasteiger charge is 2.12. The molecule has 1 N–H and O–H groups in total. The van der Waals surface area contributed by atoms with Crippen LogP contribution < -0.4 is 14.8 Å². The molecule has 0 unspecified atom stereocenters. The zero-order valence-electron chi connectivity index (χ0n) is 13.4. The summed E-state index contributed by atoms with van der Waals surface area (Å²) in [6.45, 7) is 0.212. The number of carbonyl (C=O) groups excluding carboxylic acids is 1. The maximum atomic E-state index is 13.0. The Bertz CT molecular complexity index is 983. The van der Waals surface area contributed by atoms with Crippen molar-refractivity contribution in [1.29, 1.82) is 0 Å². The van der Waals surface area contributed by atoms with Gasteiger partial charge in [0.25, 0.3) is 0 Å². The van der Waals surface area contributed by atoms with Crippen LogP contribution in [0.1, 0.15) is 5.56 Å². The van der Waals surface area contributed by atoms with E-state index in [1.807, 2.05) is 17.5 Å². The second-order valence-electron chi connectivity index (χ2n) is 5.48. The number of aromatic nitrogens is 1. The van der Waals surface area contributed by atoms with E-state index in [0.717, 1.165) is 11.1 Å². The van der Waals surface area contributed by atoms with Crippen LogP contribution in [0.4, 0.5) is 9.52 Å². The number of hydrogen-bond acceptors (Lipinski definition) is 5. The van der Waals surface area contributed by atoms with Gasteiger partial charge in [-0.3, -0.25) is 10.1 Å². The highest BCUT2D eigenvalue weighted by Crippen LogP contribution is 2.32. The Labute approximate surface area is 152 Å². The van der Waals surface area contributed by atoms with E-state index in [-0.39, 0.29) is 18.5 Å². The van der Waals surface area contributed by atoms with E-state index < -0.39 is 0 Å². The van der Waals surface area contributed by atoms with Crippen molar-refractivity contribution in [3.8, 4) is 22.8 Å². The molecule has 1 aromatic heterocycles. The number of hydrogen-bond donors (Lipinski definition) is 1. The van der Waals surface area contributed by atoms with E-state index in [9.17, 15) is 9.18 Å². The zero-order valence-corrected chi connectivity index (χ0v) is 14.3. The van der Waals surface area contributed by atoms with Crippen LogP contribution in [0.15, 0.2) is 53.9 Å². The fraction of sp³-hybridized carbons (Fsp3) is 0.0526. The number of benzene rings is 2. The number of rotatable bonds is 4. The van der Waals surface area contributed by atoms with E-state index in [2.05, 4.69) is 10.3 Å². The topological polar surface area (TPSA) is 60.5 Å². The van der Waals surface area contributed by atoms with E-state index in [0.29, 0.717) is 22.3 Å². The van der Waals surface area contributed by atoms with Gasteiger partial charge >= 0.3 is 0 Å². The first-order chi connectivity index (χ1) is 12.7. The lowest BCUT2D eigenvalue weighted by Crippen LogP contribution is -2.07. The zero-order chi connectivity index (χ0) is 17.9. The lowest BCUT2D eigenvalue weighted by molar-refractivity contribution is -0.111. The summed E-state index contributed by atoms with van der Waals surface area (Å²) in [6.07, 6.45) is 3.11. The highest BCUT2D eigenvalue weighted by molar-refractivity contribution is 7.14. The molecular formula is C19H13FN2O3S. The maximum absolute atomic E-state index is 13.0. The van der Waals surface area contributed by atoms with E-state index >= 15 is 0 Å². The SMILES string of the molecule is O=C(/C=C\c1ccc2c(c1)OCO2)Nc1nc(-c2ccc(F)cc2)cs1. The molecule has 0 aliphatic carbocycles. The van der Waals surface area contributed by atoms with Crippen LogP contribution in [0.2, 0.25) is 0 Å². The summed E-state index contributed by atoms with van der Waals surface area (Å²) in [7, 11) is 0. The van der Waals surface area contributed by atoms with Crippen LogP contribution in [0, 0.1) is 5.82 Å². The van der Waals surface area contributed by atoms with Gasteiger partial charge in [-0.15, -0.1) is 11.3 Å². The van der Waals surface area contributed by atoms with Crippen LogP contribution in [-0.2, 0) is 4.79 Å². The average molecular weight is 368 g/mol. The molecule has 26 heavy (non-hydrogen) atoms. The van der Waals surface area contributed by atoms with Crippen molar-refractivity contribution < 1.29 is 18.7 Å². The molecule has 3 aromatic rings. The molecule has 130 valence electrons. The number of halogens is 1. The molecule has 0 fully saturated rings. The Balaban J connectivity index is 1.41. The van der Waals surface area contributed by atoms with Gasteiger partial charge in [0.1, 0.15) is 5.82 Å². The molecule has 0 spiro atoms. The number of thiazole rings is 1. The van der Waals surface area contributed by atoms with Crippen LogP contribution >= 0.6 is 11.3 Å². The molecule has 1 amide bonds. The summed E-state index contributed by atoms with van der Waals surface area (Å²) in [6, 6.07) is 11.5. The Hall–Kier alpha value is -3.19. The number of amides is 1. The van der Waals surface area contributed by atoms with Crippen molar-refractivity contribution in [1.82, 2.24) is 4.98 Å². The van der Waals surface area contributed by atoms with Gasteiger partial charge in [-0.05, 0) is 48.0 Å². The molecule has 1 aliphatic rings. The van der Waals surface area contributed by atoms with E-state index in [4.69, 9.17) is 9.47 Å². The third-order valence-electron chi connectivity index (χ3n) is 3.70. The van der Waals surface area contributed by atoms with Crippen LogP contribution in [0.25, 0.3) is 17.3 Å². The third-order valence-corrected chi connectivity index (χ3v) is 4.46. The molecular weight excluding hydrogens is 355 g/mol. The fourth-order valence-corrected chi connectivity index (χ4v) is 3.14. The predicted molar refractivity (Wildman–Crippen MR) is 97.7 cm³/mol. The van der Waals surface area contributed by atoms with Crippen LogP contribution in [-0.4, -0.2) is 17.7 Å². The van der Waals surface area contributed by atoms with Crippen molar-refractivity contribution in [3.63, 3.8) is 0 Å². The Morgan fingerprint density at radius 3 is 2.81 bits per heavy atom. The molecule has 2 heterocycles. The summed E-state index contributed by atoms with van der Waals surface area (Å²) in [5.41, 5.74) is 2.31. The number of ether oxygens (including phenoxy) is 2. The number of nitrogens with zero attached hydrogens (tertiary/aromatic N) is 1. The van der Waals surface area contributed by atoms with Crippen LogP contribution in [0.5, 0.6) is 11.5 Å². The second kappa shape index (κ2) is 6.97.